The summed E-state index contributed by atoms with van der Waals surface area (Å²) in [6.45, 7) is 3.56. The van der Waals surface area contributed by atoms with Crippen LogP contribution in [-0.4, -0.2) is 34.6 Å². The van der Waals surface area contributed by atoms with Gasteiger partial charge in [0.2, 0.25) is 5.91 Å². The topological polar surface area (TPSA) is 78.3 Å². The van der Waals surface area contributed by atoms with Gasteiger partial charge in [0.1, 0.15) is 11.4 Å². The van der Waals surface area contributed by atoms with E-state index in [2.05, 4.69) is 15.6 Å². The minimum Gasteiger partial charge on any atom is -0.493 e. The van der Waals surface area contributed by atoms with Crippen LogP contribution in [-0.2, 0) is 22.7 Å². The molecule has 174 valence electrons. The summed E-state index contributed by atoms with van der Waals surface area (Å²) in [6, 6.07) is 17.5. The number of amides is 1. The van der Waals surface area contributed by atoms with Crippen molar-refractivity contribution in [2.45, 2.75) is 51.3 Å². The number of nitrogens with zero attached hydrogens (tertiary/aromatic N) is 3. The Hall–Kier alpha value is -3.19. The standard InChI is InChI=1S/C26H32N4O3/c1-19(21-9-4-3-5-10-21)26(31)27-25(16-30-15-23(18-32-2)28-29-30)22-11-13-24(14-12-22)33-17-20-7-6-8-20/h3-5,9-15,19-20,25H,6-8,16-18H2,1-2H3,(H,27,31)/t19-,25-/m0/s1. The molecule has 2 atom stereocenters. The number of hydrogen-bond acceptors (Lipinski definition) is 5. The lowest BCUT2D eigenvalue weighted by Gasteiger charge is -2.25. The maximum Gasteiger partial charge on any atom is 0.227 e. The van der Waals surface area contributed by atoms with Gasteiger partial charge in [0.15, 0.2) is 0 Å². The summed E-state index contributed by atoms with van der Waals surface area (Å²) in [4.78, 5) is 13.1. The van der Waals surface area contributed by atoms with Crippen LogP contribution in [0.15, 0.2) is 60.8 Å². The predicted molar refractivity (Wildman–Crippen MR) is 126 cm³/mol. The highest BCUT2D eigenvalue weighted by atomic mass is 16.5. The molecule has 1 saturated carbocycles. The molecule has 3 aromatic rings. The molecule has 0 aliphatic heterocycles. The Balaban J connectivity index is 1.48. The molecule has 33 heavy (non-hydrogen) atoms. The van der Waals surface area contributed by atoms with Gasteiger partial charge in [-0.2, -0.15) is 0 Å². The number of carbonyl (C=O) groups is 1. The Morgan fingerprint density at radius 3 is 2.55 bits per heavy atom. The van der Waals surface area contributed by atoms with Crippen LogP contribution in [0.4, 0.5) is 0 Å². The Bertz CT molecular complexity index is 1020. The maximum absolute atomic E-state index is 13.1. The lowest BCUT2D eigenvalue weighted by Crippen LogP contribution is -2.34. The Morgan fingerprint density at radius 2 is 1.88 bits per heavy atom. The number of aromatic nitrogens is 3. The van der Waals surface area contributed by atoms with Crippen LogP contribution < -0.4 is 10.1 Å². The molecular weight excluding hydrogens is 416 g/mol. The van der Waals surface area contributed by atoms with Gasteiger partial charge >= 0.3 is 0 Å². The van der Waals surface area contributed by atoms with Gasteiger partial charge < -0.3 is 14.8 Å². The van der Waals surface area contributed by atoms with Crippen molar-refractivity contribution in [1.82, 2.24) is 20.3 Å². The molecule has 1 aliphatic carbocycles. The SMILES string of the molecule is COCc1cn(C[C@H](NC(=O)[C@@H](C)c2ccccc2)c2ccc(OCC3CCC3)cc2)nn1. The van der Waals surface area contributed by atoms with E-state index in [1.54, 1.807) is 11.8 Å². The van der Waals surface area contributed by atoms with Gasteiger partial charge in [-0.1, -0.05) is 54.1 Å². The van der Waals surface area contributed by atoms with E-state index in [4.69, 9.17) is 9.47 Å². The van der Waals surface area contributed by atoms with Crippen LogP contribution in [0, 0.1) is 5.92 Å². The summed E-state index contributed by atoms with van der Waals surface area (Å²) in [5.41, 5.74) is 2.72. The fraction of sp³-hybridized carbons (Fsp3) is 0.423. The molecule has 1 aromatic heterocycles. The Kier molecular flexibility index (Phi) is 7.73. The fourth-order valence-corrected chi connectivity index (χ4v) is 3.92. The van der Waals surface area contributed by atoms with Crippen LogP contribution in [0.25, 0.3) is 0 Å². The molecule has 0 unspecified atom stereocenters. The highest BCUT2D eigenvalue weighted by Crippen LogP contribution is 2.28. The van der Waals surface area contributed by atoms with Crippen molar-refractivity contribution in [3.63, 3.8) is 0 Å². The molecule has 7 nitrogen and oxygen atoms in total. The van der Waals surface area contributed by atoms with Crippen LogP contribution in [0.2, 0.25) is 0 Å². The second kappa shape index (κ2) is 11.1. The summed E-state index contributed by atoms with van der Waals surface area (Å²) >= 11 is 0. The van der Waals surface area contributed by atoms with Crippen LogP contribution >= 0.6 is 0 Å². The zero-order valence-electron chi connectivity index (χ0n) is 19.3. The molecule has 0 bridgehead atoms. The number of rotatable bonds is 11. The van der Waals surface area contributed by atoms with E-state index < -0.39 is 0 Å². The van der Waals surface area contributed by atoms with Crippen molar-refractivity contribution in [3.8, 4) is 5.75 Å². The van der Waals surface area contributed by atoms with Crippen LogP contribution in [0.5, 0.6) is 5.75 Å². The summed E-state index contributed by atoms with van der Waals surface area (Å²) in [6.07, 6.45) is 5.67. The number of methoxy groups -OCH3 is 1. The molecule has 1 aliphatic rings. The summed E-state index contributed by atoms with van der Waals surface area (Å²) in [5.74, 6) is 1.24. The third kappa shape index (κ3) is 6.20. The van der Waals surface area contributed by atoms with E-state index in [1.807, 2.05) is 67.7 Å². The molecule has 0 saturated heterocycles. The van der Waals surface area contributed by atoms with E-state index in [0.717, 1.165) is 29.2 Å². The maximum atomic E-state index is 13.1. The van der Waals surface area contributed by atoms with Gasteiger partial charge in [0, 0.05) is 7.11 Å². The third-order valence-corrected chi connectivity index (χ3v) is 6.25. The lowest BCUT2D eigenvalue weighted by molar-refractivity contribution is -0.123. The molecule has 1 heterocycles. The Morgan fingerprint density at radius 1 is 1.12 bits per heavy atom. The van der Waals surface area contributed by atoms with E-state index in [-0.39, 0.29) is 17.9 Å². The first kappa shape index (κ1) is 23.0. The molecule has 0 radical (unpaired) electrons. The molecule has 1 fully saturated rings. The molecule has 1 amide bonds. The van der Waals surface area contributed by atoms with Crippen molar-refractivity contribution in [2.75, 3.05) is 13.7 Å². The summed E-state index contributed by atoms with van der Waals surface area (Å²) in [7, 11) is 1.63. The van der Waals surface area contributed by atoms with Gasteiger partial charge in [-0.15, -0.1) is 5.10 Å². The second-order valence-corrected chi connectivity index (χ2v) is 8.74. The minimum absolute atomic E-state index is 0.0336. The van der Waals surface area contributed by atoms with E-state index >= 15 is 0 Å². The van der Waals surface area contributed by atoms with E-state index in [0.29, 0.717) is 19.1 Å². The normalized spacial score (nSPS) is 15.5. The van der Waals surface area contributed by atoms with Crippen molar-refractivity contribution in [1.29, 1.82) is 0 Å². The summed E-state index contributed by atoms with van der Waals surface area (Å²) < 4.78 is 12.8. The van der Waals surface area contributed by atoms with Gasteiger partial charge in [-0.3, -0.25) is 4.79 Å². The van der Waals surface area contributed by atoms with E-state index in [9.17, 15) is 4.79 Å². The molecule has 4 rings (SSSR count). The molecule has 7 heteroatoms. The second-order valence-electron chi connectivity index (χ2n) is 8.74. The first-order valence-corrected chi connectivity index (χ1v) is 11.6. The van der Waals surface area contributed by atoms with Gasteiger partial charge in [0.05, 0.1) is 37.9 Å². The fourth-order valence-electron chi connectivity index (χ4n) is 3.92. The zero-order valence-corrected chi connectivity index (χ0v) is 19.3. The number of benzene rings is 2. The molecular formula is C26H32N4O3. The van der Waals surface area contributed by atoms with Crippen molar-refractivity contribution in [2.24, 2.45) is 5.92 Å². The van der Waals surface area contributed by atoms with Crippen LogP contribution in [0.3, 0.4) is 0 Å². The predicted octanol–water partition coefficient (Wildman–Crippen LogP) is 4.26. The minimum atomic E-state index is -0.265. The first-order chi connectivity index (χ1) is 16.1. The number of hydrogen-bond donors (Lipinski definition) is 1. The van der Waals surface area contributed by atoms with Crippen LogP contribution in [0.1, 0.15) is 55.0 Å². The monoisotopic (exact) mass is 448 g/mol. The molecule has 0 spiro atoms. The average Bonchev–Trinajstić information content (AvgIpc) is 3.25. The van der Waals surface area contributed by atoms with Gasteiger partial charge in [-0.25, -0.2) is 4.68 Å². The average molecular weight is 449 g/mol. The van der Waals surface area contributed by atoms with Gasteiger partial charge in [-0.05, 0) is 48.9 Å². The van der Waals surface area contributed by atoms with E-state index in [1.165, 1.54) is 19.3 Å². The number of nitrogens with one attached hydrogen (secondary N) is 1. The van der Waals surface area contributed by atoms with Crippen molar-refractivity contribution < 1.29 is 14.3 Å². The number of carbonyl (C=O) groups excluding carboxylic acids is 1. The van der Waals surface area contributed by atoms with Crippen molar-refractivity contribution in [3.05, 3.63) is 77.6 Å². The third-order valence-electron chi connectivity index (χ3n) is 6.25. The quantitative estimate of drug-likeness (QED) is 0.474. The smallest absolute Gasteiger partial charge is 0.227 e. The molecule has 2 aromatic carbocycles. The Labute approximate surface area is 195 Å². The molecule has 1 N–H and O–H groups in total. The number of ether oxygens (including phenoxy) is 2. The highest BCUT2D eigenvalue weighted by molar-refractivity contribution is 5.83. The lowest BCUT2D eigenvalue weighted by atomic mass is 9.86. The first-order valence-electron chi connectivity index (χ1n) is 11.6. The highest BCUT2D eigenvalue weighted by Gasteiger charge is 2.22. The van der Waals surface area contributed by atoms with Crippen molar-refractivity contribution >= 4 is 5.91 Å². The zero-order chi connectivity index (χ0) is 23.0. The largest absolute Gasteiger partial charge is 0.493 e. The summed E-state index contributed by atoms with van der Waals surface area (Å²) in [5, 5.41) is 11.6. The van der Waals surface area contributed by atoms with Gasteiger partial charge in [0.25, 0.3) is 0 Å².